The number of nitrogens with zero attached hydrogens (tertiary/aromatic N) is 2. The van der Waals surface area contributed by atoms with Gasteiger partial charge in [-0.25, -0.2) is 0 Å². The van der Waals surface area contributed by atoms with Crippen LogP contribution in [0.1, 0.15) is 74.8 Å². The van der Waals surface area contributed by atoms with Gasteiger partial charge >= 0.3 is 0 Å². The van der Waals surface area contributed by atoms with Crippen molar-refractivity contribution in [2.24, 2.45) is 5.92 Å². The van der Waals surface area contributed by atoms with Crippen molar-refractivity contribution in [2.45, 2.75) is 89.8 Å². The van der Waals surface area contributed by atoms with E-state index in [2.05, 4.69) is 129 Å². The van der Waals surface area contributed by atoms with Crippen molar-refractivity contribution in [3.8, 4) is 33.6 Å². The van der Waals surface area contributed by atoms with Crippen LogP contribution >= 0.6 is 11.3 Å². The first-order chi connectivity index (χ1) is 25.9. The van der Waals surface area contributed by atoms with Gasteiger partial charge in [-0.2, -0.15) is 11.3 Å². The summed E-state index contributed by atoms with van der Waals surface area (Å²) in [6.45, 7) is 7.28. The van der Waals surface area contributed by atoms with Gasteiger partial charge in [0.15, 0.2) is 0 Å². The fraction of sp³-hybridized carbons (Fsp3) is 0.306. The Labute approximate surface area is 340 Å². The fourth-order valence-electron chi connectivity index (χ4n) is 8.64. The van der Waals surface area contributed by atoms with Gasteiger partial charge in [0.25, 0.3) is 0 Å². The number of benzene rings is 4. The summed E-state index contributed by atoms with van der Waals surface area (Å²) in [5, 5.41) is 4.16. The zero-order valence-electron chi connectivity index (χ0n) is 31.8. The maximum absolute atomic E-state index is 4.78. The second kappa shape index (κ2) is 17.4. The molecule has 2 aliphatic rings. The molecule has 0 unspecified atom stereocenters. The van der Waals surface area contributed by atoms with Crippen LogP contribution in [-0.2, 0) is 26.5 Å². The molecule has 1 radical (unpaired) electrons. The number of fused-ring (bicyclic) bond motifs is 3. The number of rotatable bonds is 7. The van der Waals surface area contributed by atoms with Crippen molar-refractivity contribution in [1.29, 1.82) is 0 Å². The minimum absolute atomic E-state index is 0. The number of aromatic nitrogens is 2. The molecule has 0 atom stereocenters. The van der Waals surface area contributed by atoms with Crippen LogP contribution in [0.5, 0.6) is 0 Å². The topological polar surface area (TPSA) is 25.8 Å². The minimum Gasteiger partial charge on any atom is -0.305 e. The van der Waals surface area contributed by atoms with Crippen LogP contribution in [0.25, 0.3) is 53.8 Å². The van der Waals surface area contributed by atoms with Crippen LogP contribution in [0.2, 0.25) is 19.6 Å². The van der Waals surface area contributed by atoms with E-state index in [0.29, 0.717) is 5.92 Å². The minimum atomic E-state index is -1.35. The van der Waals surface area contributed by atoms with E-state index in [1.807, 2.05) is 29.7 Å². The molecule has 277 valence electrons. The Morgan fingerprint density at radius 1 is 0.685 bits per heavy atom. The molecular weight excluding hydrogens is 869 g/mol. The Kier molecular flexibility index (Phi) is 12.4. The molecule has 2 nitrogen and oxygen atoms in total. The van der Waals surface area contributed by atoms with Crippen LogP contribution < -0.4 is 5.19 Å². The molecule has 2 fully saturated rings. The summed E-state index contributed by atoms with van der Waals surface area (Å²) in [7, 11) is -1.35. The smallest absolute Gasteiger partial charge is 0.0798 e. The number of thiophene rings is 1. The predicted octanol–water partition coefficient (Wildman–Crippen LogP) is 13.5. The quantitative estimate of drug-likeness (QED) is 0.118. The average molecular weight is 919 g/mol. The monoisotopic (exact) mass is 919 g/mol. The fourth-order valence-corrected chi connectivity index (χ4v) is 11.6. The van der Waals surface area contributed by atoms with E-state index < -0.39 is 8.07 Å². The molecule has 9 rings (SSSR count). The Balaban J connectivity index is 0.000000174. The molecule has 2 saturated carbocycles. The first-order valence-corrected chi connectivity index (χ1v) is 24.1. The van der Waals surface area contributed by atoms with Gasteiger partial charge in [-0.05, 0) is 75.0 Å². The third-order valence-corrected chi connectivity index (χ3v) is 14.8. The molecule has 0 spiro atoms. The maximum Gasteiger partial charge on any atom is 0.0798 e. The van der Waals surface area contributed by atoms with Gasteiger partial charge in [-0.3, -0.25) is 0 Å². The molecule has 5 heteroatoms. The first-order valence-electron chi connectivity index (χ1n) is 19.8. The van der Waals surface area contributed by atoms with E-state index >= 15 is 0 Å². The largest absolute Gasteiger partial charge is 0.305 e. The molecular formula is C49H50IrN2SSi-2. The van der Waals surface area contributed by atoms with E-state index in [9.17, 15) is 0 Å². The zero-order valence-corrected chi connectivity index (χ0v) is 36.0. The molecule has 3 heterocycles. The molecule has 0 N–H and O–H groups in total. The third kappa shape index (κ3) is 8.56. The molecule has 54 heavy (non-hydrogen) atoms. The number of hydrogen-bond donors (Lipinski definition) is 0. The molecule has 2 aliphatic carbocycles. The summed E-state index contributed by atoms with van der Waals surface area (Å²) in [6.07, 6.45) is 17.7. The van der Waals surface area contributed by atoms with E-state index in [4.69, 9.17) is 9.97 Å². The number of pyridine rings is 2. The molecule has 0 aliphatic heterocycles. The molecule has 0 bridgehead atoms. The van der Waals surface area contributed by atoms with Crippen molar-refractivity contribution < 1.29 is 20.1 Å². The Hall–Kier alpha value is -3.73. The average Bonchev–Trinajstić information content (AvgIpc) is 3.87. The zero-order chi connectivity index (χ0) is 36.2. The SMILES string of the molecule is C[Si](C)(C)c1cnc(-c2[c-]cccc2)cc1CC1CCCC1.[Ir].[c-]1ccc2c(sc3c(-c4ccccc4)cccc32)c1-c1cc(C2CCCCC2)ccn1. The summed E-state index contributed by atoms with van der Waals surface area (Å²) in [5.41, 5.74) is 9.94. The van der Waals surface area contributed by atoms with E-state index in [1.54, 1.807) is 10.8 Å². The van der Waals surface area contributed by atoms with Gasteiger partial charge in [0, 0.05) is 37.2 Å². The first kappa shape index (κ1) is 38.5. The summed E-state index contributed by atoms with van der Waals surface area (Å²) >= 11 is 1.87. The Morgan fingerprint density at radius 2 is 1.44 bits per heavy atom. The summed E-state index contributed by atoms with van der Waals surface area (Å²) in [5.74, 6) is 1.56. The number of hydrogen-bond acceptors (Lipinski definition) is 3. The molecule has 3 aromatic heterocycles. The van der Waals surface area contributed by atoms with Crippen LogP contribution in [0.15, 0.2) is 116 Å². The molecule has 4 aromatic carbocycles. The predicted molar refractivity (Wildman–Crippen MR) is 230 cm³/mol. The van der Waals surface area contributed by atoms with Crippen LogP contribution in [0.3, 0.4) is 0 Å². The Bertz CT molecular complexity index is 2300. The van der Waals surface area contributed by atoms with Crippen molar-refractivity contribution in [3.05, 3.63) is 139 Å². The van der Waals surface area contributed by atoms with Crippen molar-refractivity contribution in [2.75, 3.05) is 0 Å². The van der Waals surface area contributed by atoms with Crippen molar-refractivity contribution in [3.63, 3.8) is 0 Å². The van der Waals surface area contributed by atoms with E-state index in [-0.39, 0.29) is 20.1 Å². The van der Waals surface area contributed by atoms with Crippen molar-refractivity contribution in [1.82, 2.24) is 9.97 Å². The van der Waals surface area contributed by atoms with E-state index in [1.165, 1.54) is 101 Å². The maximum atomic E-state index is 4.78. The third-order valence-electron chi connectivity index (χ3n) is 11.4. The van der Waals surface area contributed by atoms with Gasteiger partial charge in [0.2, 0.25) is 0 Å². The summed E-state index contributed by atoms with van der Waals surface area (Å²) in [6, 6.07) is 43.5. The second-order valence-electron chi connectivity index (χ2n) is 16.2. The van der Waals surface area contributed by atoms with Crippen LogP contribution in [0.4, 0.5) is 0 Å². The van der Waals surface area contributed by atoms with Crippen LogP contribution in [0, 0.1) is 18.1 Å². The van der Waals surface area contributed by atoms with Crippen LogP contribution in [-0.4, -0.2) is 18.0 Å². The Morgan fingerprint density at radius 3 is 2.20 bits per heavy atom. The second-order valence-corrected chi connectivity index (χ2v) is 22.2. The van der Waals surface area contributed by atoms with Gasteiger partial charge in [0.1, 0.15) is 0 Å². The molecule has 0 saturated heterocycles. The normalized spacial score (nSPS) is 15.2. The molecule has 0 amide bonds. The van der Waals surface area contributed by atoms with Gasteiger partial charge < -0.3 is 9.97 Å². The van der Waals surface area contributed by atoms with Gasteiger partial charge in [-0.15, -0.1) is 59.7 Å². The van der Waals surface area contributed by atoms with Gasteiger partial charge in [0.05, 0.1) is 8.07 Å². The van der Waals surface area contributed by atoms with Gasteiger partial charge in [-0.1, -0.05) is 142 Å². The van der Waals surface area contributed by atoms with Crippen molar-refractivity contribution >= 4 is 44.8 Å². The summed E-state index contributed by atoms with van der Waals surface area (Å²) < 4.78 is 2.63. The standard InChI is InChI=1S/C29H24NS.C20H26NSi.Ir/c1-3-9-20(10-4-1)22-17-18-30-27(19-22)26-16-8-15-25-24-14-7-13-23(28(24)31-29(25)26)21-11-5-2-6-12-21;1-22(2,3)20-15-21-19(17-11-5-4-6-12-17)14-18(20)13-16-9-7-8-10-16;/h2,5-8,11-15,17-20H,1,3-4,9-10H2;4-6,11,14-16H,7-10,13H2,1-3H3;/q2*-1;. The summed E-state index contributed by atoms with van der Waals surface area (Å²) in [4.78, 5) is 9.53. The van der Waals surface area contributed by atoms with E-state index in [0.717, 1.165) is 28.4 Å². The molecule has 7 aromatic rings.